The molecule has 3 atom stereocenters. The van der Waals surface area contributed by atoms with Gasteiger partial charge in [-0.1, -0.05) is 45.3 Å². The van der Waals surface area contributed by atoms with E-state index in [0.717, 1.165) is 38.5 Å². The standard InChI is InChI=1S/C21H32O4/c1-3-21(4-2,17-8-6-5-7-9-17)25-19(22)14-24-20(23)18-13-15-10-11-16(18)12-15/h10-11,15-18H,3-9,12-14H2,1-2H3. The van der Waals surface area contributed by atoms with Crippen LogP contribution in [0.15, 0.2) is 12.2 Å². The van der Waals surface area contributed by atoms with E-state index in [4.69, 9.17) is 9.47 Å². The largest absolute Gasteiger partial charge is 0.456 e. The Morgan fingerprint density at radius 1 is 1.04 bits per heavy atom. The number of allylic oxidation sites excluding steroid dienone is 2. The lowest BCUT2D eigenvalue weighted by Gasteiger charge is -2.41. The lowest BCUT2D eigenvalue weighted by molar-refractivity contribution is -0.179. The Bertz CT molecular complexity index is 514. The SMILES string of the molecule is CCC(CC)(OC(=O)COC(=O)C1CC2C=CC1C2)C1CCCCC1. The number of ether oxygens (including phenoxy) is 2. The summed E-state index contributed by atoms with van der Waals surface area (Å²) in [7, 11) is 0. The Kier molecular flexibility index (Phi) is 5.85. The molecule has 0 aromatic heterocycles. The molecule has 3 rings (SSSR count). The van der Waals surface area contributed by atoms with Crippen LogP contribution in [0.3, 0.4) is 0 Å². The maximum Gasteiger partial charge on any atom is 0.344 e. The van der Waals surface area contributed by atoms with E-state index in [9.17, 15) is 9.59 Å². The molecule has 3 unspecified atom stereocenters. The van der Waals surface area contributed by atoms with Crippen molar-refractivity contribution in [3.8, 4) is 0 Å². The van der Waals surface area contributed by atoms with Crippen LogP contribution >= 0.6 is 0 Å². The molecule has 0 aromatic rings. The maximum atomic E-state index is 12.4. The summed E-state index contributed by atoms with van der Waals surface area (Å²) in [5, 5.41) is 0. The number of hydrogen-bond acceptors (Lipinski definition) is 4. The van der Waals surface area contributed by atoms with E-state index in [2.05, 4.69) is 26.0 Å². The van der Waals surface area contributed by atoms with Crippen molar-refractivity contribution in [2.24, 2.45) is 23.7 Å². The Hall–Kier alpha value is -1.32. The molecular formula is C21H32O4. The van der Waals surface area contributed by atoms with Crippen molar-refractivity contribution in [2.75, 3.05) is 6.61 Å². The topological polar surface area (TPSA) is 52.6 Å². The first-order chi connectivity index (χ1) is 12.1. The highest BCUT2D eigenvalue weighted by atomic mass is 16.6. The van der Waals surface area contributed by atoms with Gasteiger partial charge in [0.15, 0.2) is 6.61 Å². The third-order valence-corrected chi connectivity index (χ3v) is 6.78. The monoisotopic (exact) mass is 348 g/mol. The number of carbonyl (C=O) groups excluding carboxylic acids is 2. The molecule has 0 saturated heterocycles. The zero-order valence-corrected chi connectivity index (χ0v) is 15.7. The number of fused-ring (bicyclic) bond motifs is 2. The molecule has 2 bridgehead atoms. The molecule has 4 heteroatoms. The average molecular weight is 348 g/mol. The van der Waals surface area contributed by atoms with E-state index in [1.165, 1.54) is 19.3 Å². The van der Waals surface area contributed by atoms with Crippen molar-refractivity contribution in [2.45, 2.75) is 77.2 Å². The smallest absolute Gasteiger partial charge is 0.344 e. The van der Waals surface area contributed by atoms with Crippen molar-refractivity contribution in [1.82, 2.24) is 0 Å². The lowest BCUT2D eigenvalue weighted by atomic mass is 9.74. The van der Waals surface area contributed by atoms with Gasteiger partial charge in [0.25, 0.3) is 0 Å². The van der Waals surface area contributed by atoms with Crippen LogP contribution in [0.2, 0.25) is 0 Å². The van der Waals surface area contributed by atoms with Gasteiger partial charge in [0, 0.05) is 0 Å². The summed E-state index contributed by atoms with van der Waals surface area (Å²) in [6.07, 6.45) is 13.9. The third kappa shape index (κ3) is 3.93. The molecule has 2 fully saturated rings. The van der Waals surface area contributed by atoms with Crippen molar-refractivity contribution >= 4 is 11.9 Å². The number of esters is 2. The van der Waals surface area contributed by atoms with Crippen LogP contribution in [-0.2, 0) is 19.1 Å². The minimum atomic E-state index is -0.390. The van der Waals surface area contributed by atoms with Crippen LogP contribution in [0.5, 0.6) is 0 Å². The fraction of sp³-hybridized carbons (Fsp3) is 0.810. The highest BCUT2D eigenvalue weighted by molar-refractivity contribution is 5.78. The maximum absolute atomic E-state index is 12.4. The van der Waals surface area contributed by atoms with Gasteiger partial charge in [-0.2, -0.15) is 0 Å². The van der Waals surface area contributed by atoms with Crippen molar-refractivity contribution in [3.05, 3.63) is 12.2 Å². The van der Waals surface area contributed by atoms with Gasteiger partial charge in [0.1, 0.15) is 5.60 Å². The van der Waals surface area contributed by atoms with Crippen LogP contribution in [0, 0.1) is 23.7 Å². The van der Waals surface area contributed by atoms with E-state index in [1.807, 2.05) is 0 Å². The van der Waals surface area contributed by atoms with Crippen LogP contribution in [0.25, 0.3) is 0 Å². The van der Waals surface area contributed by atoms with Crippen LogP contribution < -0.4 is 0 Å². The number of carbonyl (C=O) groups is 2. The Balaban J connectivity index is 1.51. The second-order valence-corrected chi connectivity index (χ2v) is 8.08. The summed E-state index contributed by atoms with van der Waals surface area (Å²) < 4.78 is 11.2. The fourth-order valence-corrected chi connectivity index (χ4v) is 5.23. The molecule has 0 aliphatic heterocycles. The summed E-state index contributed by atoms with van der Waals surface area (Å²) >= 11 is 0. The highest BCUT2D eigenvalue weighted by Crippen LogP contribution is 2.44. The molecule has 0 radical (unpaired) electrons. The summed E-state index contributed by atoms with van der Waals surface area (Å²) in [5.41, 5.74) is -0.390. The number of rotatable bonds is 7. The summed E-state index contributed by atoms with van der Waals surface area (Å²) in [5.74, 6) is 0.580. The first-order valence-corrected chi connectivity index (χ1v) is 10.1. The van der Waals surface area contributed by atoms with Gasteiger partial charge in [-0.25, -0.2) is 4.79 Å². The zero-order valence-electron chi connectivity index (χ0n) is 15.7. The quantitative estimate of drug-likeness (QED) is 0.505. The van der Waals surface area contributed by atoms with Crippen molar-refractivity contribution in [3.63, 3.8) is 0 Å². The van der Waals surface area contributed by atoms with E-state index in [-0.39, 0.29) is 30.1 Å². The fourth-order valence-electron chi connectivity index (χ4n) is 5.23. The van der Waals surface area contributed by atoms with E-state index in [1.54, 1.807) is 0 Å². The van der Waals surface area contributed by atoms with Crippen LogP contribution in [0.4, 0.5) is 0 Å². The predicted octanol–water partition coefficient (Wildman–Crippen LogP) is 4.42. The van der Waals surface area contributed by atoms with Gasteiger partial charge in [-0.3, -0.25) is 4.79 Å². The van der Waals surface area contributed by atoms with Gasteiger partial charge in [-0.05, 0) is 56.3 Å². The first kappa shape index (κ1) is 18.5. The van der Waals surface area contributed by atoms with E-state index >= 15 is 0 Å². The van der Waals surface area contributed by atoms with E-state index in [0.29, 0.717) is 17.8 Å². The molecule has 140 valence electrons. The average Bonchev–Trinajstić information content (AvgIpc) is 3.28. The molecule has 3 aliphatic rings. The Morgan fingerprint density at radius 3 is 2.32 bits per heavy atom. The van der Waals surface area contributed by atoms with Crippen LogP contribution in [0.1, 0.15) is 71.6 Å². The minimum Gasteiger partial charge on any atom is -0.456 e. The Labute approximate surface area is 151 Å². The molecule has 0 amide bonds. The molecule has 4 nitrogen and oxygen atoms in total. The highest BCUT2D eigenvalue weighted by Gasteiger charge is 2.42. The van der Waals surface area contributed by atoms with Gasteiger partial charge in [0.05, 0.1) is 5.92 Å². The molecule has 0 aromatic carbocycles. The normalized spacial score (nSPS) is 29.0. The van der Waals surface area contributed by atoms with Gasteiger partial charge < -0.3 is 9.47 Å². The summed E-state index contributed by atoms with van der Waals surface area (Å²) in [6, 6.07) is 0. The summed E-state index contributed by atoms with van der Waals surface area (Å²) in [6.45, 7) is 3.95. The molecule has 0 N–H and O–H groups in total. The van der Waals surface area contributed by atoms with Gasteiger partial charge in [-0.15, -0.1) is 0 Å². The van der Waals surface area contributed by atoms with Crippen molar-refractivity contribution < 1.29 is 19.1 Å². The molecule has 2 saturated carbocycles. The third-order valence-electron chi connectivity index (χ3n) is 6.78. The molecule has 0 heterocycles. The number of hydrogen-bond donors (Lipinski definition) is 0. The molecule has 0 spiro atoms. The van der Waals surface area contributed by atoms with Gasteiger partial charge in [0.2, 0.25) is 0 Å². The summed E-state index contributed by atoms with van der Waals surface area (Å²) in [4.78, 5) is 24.7. The van der Waals surface area contributed by atoms with Gasteiger partial charge >= 0.3 is 11.9 Å². The zero-order chi connectivity index (χ0) is 17.9. The van der Waals surface area contributed by atoms with E-state index < -0.39 is 0 Å². The molecular weight excluding hydrogens is 316 g/mol. The molecule has 3 aliphatic carbocycles. The van der Waals surface area contributed by atoms with Crippen LogP contribution in [-0.4, -0.2) is 24.1 Å². The minimum absolute atomic E-state index is 0.0664. The second-order valence-electron chi connectivity index (χ2n) is 8.08. The second kappa shape index (κ2) is 7.92. The predicted molar refractivity (Wildman–Crippen MR) is 95.8 cm³/mol. The Morgan fingerprint density at radius 2 is 1.76 bits per heavy atom. The van der Waals surface area contributed by atoms with Crippen molar-refractivity contribution in [1.29, 1.82) is 0 Å². The molecule has 25 heavy (non-hydrogen) atoms. The first-order valence-electron chi connectivity index (χ1n) is 10.1. The lowest BCUT2D eigenvalue weighted by Crippen LogP contribution is -2.43.